The predicted molar refractivity (Wildman–Crippen MR) is 79.7 cm³/mol. The van der Waals surface area contributed by atoms with Gasteiger partial charge in [0.15, 0.2) is 0 Å². The second-order valence-corrected chi connectivity index (χ2v) is 6.74. The van der Waals surface area contributed by atoms with Crippen molar-refractivity contribution in [2.75, 3.05) is 13.2 Å². The molecule has 1 rings (SSSR count). The number of benzene rings is 1. The summed E-state index contributed by atoms with van der Waals surface area (Å²) >= 11 is 11.6. The predicted octanol–water partition coefficient (Wildman–Crippen LogP) is 2.39. The van der Waals surface area contributed by atoms with Crippen molar-refractivity contribution >= 4 is 39.2 Å². The van der Waals surface area contributed by atoms with E-state index in [9.17, 15) is 13.2 Å². The van der Waals surface area contributed by atoms with Crippen LogP contribution in [0.25, 0.3) is 0 Å². The van der Waals surface area contributed by atoms with E-state index in [0.29, 0.717) is 6.61 Å². The maximum absolute atomic E-state index is 12.2. The average molecular weight is 356 g/mol. The summed E-state index contributed by atoms with van der Waals surface area (Å²) < 4.78 is 31.9. The number of aromatic carboxylic acids is 1. The summed E-state index contributed by atoms with van der Waals surface area (Å²) in [5.41, 5.74) is -0.373. The van der Waals surface area contributed by atoms with Gasteiger partial charge in [-0.05, 0) is 26.0 Å². The molecule has 0 saturated heterocycles. The number of rotatable bonds is 7. The van der Waals surface area contributed by atoms with Crippen LogP contribution < -0.4 is 4.72 Å². The fraction of sp³-hybridized carbons (Fsp3) is 0.417. The molecule has 0 spiro atoms. The van der Waals surface area contributed by atoms with E-state index in [4.69, 9.17) is 33.0 Å². The number of carbonyl (C=O) groups is 1. The van der Waals surface area contributed by atoms with Crippen LogP contribution in [0.1, 0.15) is 24.2 Å². The standard InChI is InChI=1S/C12H15Cl2NO5S/c1-3-20-7(2)6-15-21(18,19)10-5-8(13)4-9(11(10)14)12(16)17/h4-5,7,15H,3,6H2,1-2H3,(H,16,17). The van der Waals surface area contributed by atoms with Crippen molar-refractivity contribution in [3.05, 3.63) is 27.7 Å². The van der Waals surface area contributed by atoms with Gasteiger partial charge in [0.05, 0.1) is 16.7 Å². The van der Waals surface area contributed by atoms with Gasteiger partial charge in [0, 0.05) is 18.2 Å². The van der Waals surface area contributed by atoms with Gasteiger partial charge < -0.3 is 9.84 Å². The van der Waals surface area contributed by atoms with Gasteiger partial charge in [-0.3, -0.25) is 0 Å². The van der Waals surface area contributed by atoms with E-state index in [1.165, 1.54) is 0 Å². The minimum Gasteiger partial charge on any atom is -0.478 e. The molecule has 6 nitrogen and oxygen atoms in total. The lowest BCUT2D eigenvalue weighted by atomic mass is 10.2. The van der Waals surface area contributed by atoms with E-state index in [1.54, 1.807) is 13.8 Å². The number of hydrogen-bond acceptors (Lipinski definition) is 4. The Kier molecular flexibility index (Phi) is 6.42. The molecule has 0 aromatic heterocycles. The zero-order valence-corrected chi connectivity index (χ0v) is 13.7. The lowest BCUT2D eigenvalue weighted by Crippen LogP contribution is -2.32. The molecule has 1 aromatic carbocycles. The smallest absolute Gasteiger partial charge is 0.337 e. The summed E-state index contributed by atoms with van der Waals surface area (Å²) in [5, 5.41) is 8.57. The molecule has 21 heavy (non-hydrogen) atoms. The first kappa shape index (κ1) is 18.2. The van der Waals surface area contributed by atoms with Crippen molar-refractivity contribution in [2.24, 2.45) is 0 Å². The molecule has 0 aliphatic rings. The molecular weight excluding hydrogens is 341 g/mol. The first-order valence-electron chi connectivity index (χ1n) is 6.02. The first-order chi connectivity index (χ1) is 9.69. The molecule has 0 aliphatic carbocycles. The van der Waals surface area contributed by atoms with Gasteiger partial charge in [0.1, 0.15) is 4.90 Å². The Morgan fingerprint density at radius 1 is 1.43 bits per heavy atom. The summed E-state index contributed by atoms with van der Waals surface area (Å²) in [6.45, 7) is 3.97. The molecule has 9 heteroatoms. The van der Waals surface area contributed by atoms with E-state index in [-0.39, 0.29) is 33.2 Å². The Balaban J connectivity index is 3.11. The summed E-state index contributed by atoms with van der Waals surface area (Å²) in [6.07, 6.45) is -0.332. The molecular formula is C12H15Cl2NO5S. The van der Waals surface area contributed by atoms with Gasteiger partial charge in [0.25, 0.3) is 0 Å². The number of ether oxygens (including phenoxy) is 1. The van der Waals surface area contributed by atoms with Crippen molar-refractivity contribution in [3.8, 4) is 0 Å². The third-order valence-corrected chi connectivity index (χ3v) is 4.72. The first-order valence-corrected chi connectivity index (χ1v) is 8.26. The molecule has 0 radical (unpaired) electrons. The summed E-state index contributed by atoms with van der Waals surface area (Å²) in [4.78, 5) is 10.6. The minimum atomic E-state index is -3.99. The molecule has 0 saturated carbocycles. The molecule has 0 aliphatic heterocycles. The third-order valence-electron chi connectivity index (χ3n) is 2.54. The highest BCUT2D eigenvalue weighted by Crippen LogP contribution is 2.29. The van der Waals surface area contributed by atoms with Crippen LogP contribution in [0.4, 0.5) is 0 Å². The molecule has 1 unspecified atom stereocenters. The van der Waals surface area contributed by atoms with Crippen LogP contribution in [0.3, 0.4) is 0 Å². The normalized spacial score (nSPS) is 13.1. The summed E-state index contributed by atoms with van der Waals surface area (Å²) in [6, 6.07) is 2.19. The van der Waals surface area contributed by atoms with Crippen molar-refractivity contribution in [1.82, 2.24) is 4.72 Å². The fourth-order valence-corrected chi connectivity index (χ4v) is 3.58. The largest absolute Gasteiger partial charge is 0.478 e. The second kappa shape index (κ2) is 7.42. The molecule has 1 atom stereocenters. The maximum Gasteiger partial charge on any atom is 0.337 e. The van der Waals surface area contributed by atoms with E-state index in [0.717, 1.165) is 12.1 Å². The zero-order valence-electron chi connectivity index (χ0n) is 11.4. The van der Waals surface area contributed by atoms with Crippen molar-refractivity contribution in [1.29, 1.82) is 0 Å². The van der Waals surface area contributed by atoms with E-state index < -0.39 is 16.0 Å². The fourth-order valence-electron chi connectivity index (χ4n) is 1.56. The van der Waals surface area contributed by atoms with Crippen molar-refractivity contribution < 1.29 is 23.1 Å². The molecule has 1 aromatic rings. The molecule has 0 heterocycles. The van der Waals surface area contributed by atoms with Crippen LogP contribution in [0.2, 0.25) is 10.0 Å². The van der Waals surface area contributed by atoms with Gasteiger partial charge in [-0.1, -0.05) is 23.2 Å². The highest BCUT2D eigenvalue weighted by Gasteiger charge is 2.24. The molecule has 0 amide bonds. The molecule has 2 N–H and O–H groups in total. The summed E-state index contributed by atoms with van der Waals surface area (Å²) in [5.74, 6) is -1.36. The number of nitrogens with one attached hydrogen (secondary N) is 1. The average Bonchev–Trinajstić information content (AvgIpc) is 2.39. The van der Waals surface area contributed by atoms with Crippen LogP contribution >= 0.6 is 23.2 Å². The number of halogens is 2. The highest BCUT2D eigenvalue weighted by molar-refractivity contribution is 7.89. The minimum absolute atomic E-state index is 0.0292. The van der Waals surface area contributed by atoms with Gasteiger partial charge in [-0.2, -0.15) is 0 Å². The zero-order chi connectivity index (χ0) is 16.2. The number of carboxylic acids is 1. The number of carboxylic acid groups (broad SMARTS) is 1. The molecule has 0 bridgehead atoms. The Morgan fingerprint density at radius 3 is 2.57 bits per heavy atom. The molecule has 118 valence electrons. The Bertz CT molecular complexity index is 633. The van der Waals surface area contributed by atoms with Crippen LogP contribution in [0.15, 0.2) is 17.0 Å². The Hall–Kier alpha value is -0.860. The van der Waals surface area contributed by atoms with Crippen LogP contribution in [0, 0.1) is 0 Å². The lowest BCUT2D eigenvalue weighted by molar-refractivity contribution is 0.0696. The highest BCUT2D eigenvalue weighted by atomic mass is 35.5. The van der Waals surface area contributed by atoms with Crippen LogP contribution in [-0.4, -0.2) is 38.7 Å². The number of sulfonamides is 1. The monoisotopic (exact) mass is 355 g/mol. The molecule has 0 fully saturated rings. The van der Waals surface area contributed by atoms with Crippen molar-refractivity contribution in [2.45, 2.75) is 24.8 Å². The van der Waals surface area contributed by atoms with E-state index in [1.807, 2.05) is 0 Å². The second-order valence-electron chi connectivity index (χ2n) is 4.19. The van der Waals surface area contributed by atoms with Crippen LogP contribution in [0.5, 0.6) is 0 Å². The summed E-state index contributed by atoms with van der Waals surface area (Å²) in [7, 11) is -3.99. The Morgan fingerprint density at radius 2 is 2.05 bits per heavy atom. The van der Waals surface area contributed by atoms with Gasteiger partial charge in [-0.15, -0.1) is 0 Å². The lowest BCUT2D eigenvalue weighted by Gasteiger charge is -2.14. The van der Waals surface area contributed by atoms with Gasteiger partial charge >= 0.3 is 5.97 Å². The van der Waals surface area contributed by atoms with E-state index in [2.05, 4.69) is 4.72 Å². The van der Waals surface area contributed by atoms with E-state index >= 15 is 0 Å². The SMILES string of the molecule is CCOC(C)CNS(=O)(=O)c1cc(Cl)cc(C(=O)O)c1Cl. The number of hydrogen-bond donors (Lipinski definition) is 2. The van der Waals surface area contributed by atoms with Gasteiger partial charge in [0.2, 0.25) is 10.0 Å². The topological polar surface area (TPSA) is 92.7 Å². The maximum atomic E-state index is 12.2. The Labute approximate surface area is 133 Å². The van der Waals surface area contributed by atoms with Gasteiger partial charge in [-0.25, -0.2) is 17.9 Å². The van der Waals surface area contributed by atoms with Crippen LogP contribution in [-0.2, 0) is 14.8 Å². The third kappa shape index (κ3) is 4.82. The quantitative estimate of drug-likeness (QED) is 0.783. The van der Waals surface area contributed by atoms with Crippen molar-refractivity contribution in [3.63, 3.8) is 0 Å².